The fraction of sp³-hybridized carbons (Fsp3) is 0.238. The molecule has 0 amide bonds. The summed E-state index contributed by atoms with van der Waals surface area (Å²) in [6.45, 7) is 1.99. The van der Waals surface area contributed by atoms with Crippen LogP contribution in [0.15, 0.2) is 77.4 Å². The van der Waals surface area contributed by atoms with E-state index in [1.54, 1.807) is 6.26 Å². The molecule has 1 N–H and O–H groups in total. The molecule has 1 atom stereocenters. The van der Waals surface area contributed by atoms with Gasteiger partial charge in [-0.1, -0.05) is 41.9 Å². The minimum Gasteiger partial charge on any atom is -0.491 e. The predicted molar refractivity (Wildman–Crippen MR) is 102 cm³/mol. The summed E-state index contributed by atoms with van der Waals surface area (Å²) in [6.07, 6.45) is 1.04. The van der Waals surface area contributed by atoms with Gasteiger partial charge in [-0.05, 0) is 42.0 Å². The molecule has 26 heavy (non-hydrogen) atoms. The highest BCUT2D eigenvalue weighted by Crippen LogP contribution is 2.15. The Hall–Kier alpha value is -2.27. The first-order valence-electron chi connectivity index (χ1n) is 8.54. The second-order valence-corrected chi connectivity index (χ2v) is 6.59. The minimum atomic E-state index is -0.613. The number of halogens is 1. The molecule has 1 aromatic heterocycles. The van der Waals surface area contributed by atoms with Crippen molar-refractivity contribution in [3.63, 3.8) is 0 Å². The third-order valence-electron chi connectivity index (χ3n) is 3.93. The fourth-order valence-corrected chi connectivity index (χ4v) is 2.84. The molecule has 4 nitrogen and oxygen atoms in total. The molecule has 0 aliphatic carbocycles. The summed E-state index contributed by atoms with van der Waals surface area (Å²) in [5, 5.41) is 11.1. The number of aliphatic hydroxyl groups is 1. The summed E-state index contributed by atoms with van der Waals surface area (Å²) in [6, 6.07) is 21.0. The molecule has 136 valence electrons. The van der Waals surface area contributed by atoms with Gasteiger partial charge in [-0.25, -0.2) is 0 Å². The molecule has 0 aliphatic heterocycles. The quantitative estimate of drug-likeness (QED) is 0.606. The molecular formula is C21H22ClNO3. The summed E-state index contributed by atoms with van der Waals surface area (Å²) >= 11 is 5.96. The zero-order valence-electron chi connectivity index (χ0n) is 14.4. The Morgan fingerprint density at radius 2 is 1.73 bits per heavy atom. The lowest BCUT2D eigenvalue weighted by molar-refractivity contribution is 0.0605. The Labute approximate surface area is 158 Å². The summed E-state index contributed by atoms with van der Waals surface area (Å²) in [5.74, 6) is 1.61. The topological polar surface area (TPSA) is 45.8 Å². The first kappa shape index (κ1) is 18.5. The van der Waals surface area contributed by atoms with Gasteiger partial charge in [-0.3, -0.25) is 4.90 Å². The summed E-state index contributed by atoms with van der Waals surface area (Å²) < 4.78 is 11.1. The van der Waals surface area contributed by atoms with Gasteiger partial charge in [-0.2, -0.15) is 0 Å². The van der Waals surface area contributed by atoms with Gasteiger partial charge in [-0.15, -0.1) is 0 Å². The Morgan fingerprint density at radius 1 is 0.962 bits per heavy atom. The van der Waals surface area contributed by atoms with Crippen molar-refractivity contribution in [1.82, 2.24) is 4.90 Å². The predicted octanol–water partition coefficient (Wildman–Crippen LogP) is 4.38. The molecule has 0 fully saturated rings. The van der Waals surface area contributed by atoms with E-state index in [-0.39, 0.29) is 6.61 Å². The molecule has 0 aliphatic rings. The van der Waals surface area contributed by atoms with Crippen LogP contribution >= 0.6 is 11.6 Å². The zero-order valence-corrected chi connectivity index (χ0v) is 15.2. The smallest absolute Gasteiger partial charge is 0.119 e. The maximum absolute atomic E-state index is 10.4. The van der Waals surface area contributed by atoms with Crippen LogP contribution in [0.5, 0.6) is 5.75 Å². The molecular weight excluding hydrogens is 350 g/mol. The standard InChI is InChI=1S/C21H22ClNO3/c22-18-10-8-17(9-11-18)13-23(15-21-7-4-12-25-21)14-19(24)16-26-20-5-2-1-3-6-20/h1-12,19,24H,13-16H2. The molecule has 1 heterocycles. The normalized spacial score (nSPS) is 12.3. The number of hydrogen-bond acceptors (Lipinski definition) is 4. The lowest BCUT2D eigenvalue weighted by atomic mass is 10.2. The third kappa shape index (κ3) is 5.92. The van der Waals surface area contributed by atoms with Crippen molar-refractivity contribution in [3.05, 3.63) is 89.3 Å². The van der Waals surface area contributed by atoms with Crippen molar-refractivity contribution in [1.29, 1.82) is 0 Å². The third-order valence-corrected chi connectivity index (χ3v) is 4.19. The van der Waals surface area contributed by atoms with Gasteiger partial charge >= 0.3 is 0 Å². The van der Waals surface area contributed by atoms with Crippen molar-refractivity contribution in [2.24, 2.45) is 0 Å². The van der Waals surface area contributed by atoms with Gasteiger partial charge in [0.2, 0.25) is 0 Å². The molecule has 0 saturated carbocycles. The second-order valence-electron chi connectivity index (χ2n) is 6.15. The summed E-state index contributed by atoms with van der Waals surface area (Å²) in [7, 11) is 0. The number of para-hydroxylation sites is 1. The molecule has 1 unspecified atom stereocenters. The van der Waals surface area contributed by atoms with Crippen LogP contribution in [0.2, 0.25) is 5.02 Å². The molecule has 3 aromatic rings. The van der Waals surface area contributed by atoms with E-state index in [0.717, 1.165) is 17.1 Å². The second kappa shape index (κ2) is 9.43. The molecule has 2 aromatic carbocycles. The van der Waals surface area contributed by atoms with Crippen LogP contribution in [-0.2, 0) is 13.1 Å². The number of nitrogens with zero attached hydrogens (tertiary/aromatic N) is 1. The number of ether oxygens (including phenoxy) is 1. The van der Waals surface area contributed by atoms with Crippen LogP contribution in [0.3, 0.4) is 0 Å². The van der Waals surface area contributed by atoms with E-state index in [4.69, 9.17) is 20.8 Å². The maximum Gasteiger partial charge on any atom is 0.119 e. The van der Waals surface area contributed by atoms with Crippen LogP contribution < -0.4 is 4.74 Å². The van der Waals surface area contributed by atoms with E-state index in [9.17, 15) is 5.11 Å². The SMILES string of the molecule is OC(COc1ccccc1)CN(Cc1ccc(Cl)cc1)Cc1ccco1. The largest absolute Gasteiger partial charge is 0.491 e. The van der Waals surface area contributed by atoms with E-state index in [1.165, 1.54) is 0 Å². The average Bonchev–Trinajstić information content (AvgIpc) is 3.16. The van der Waals surface area contributed by atoms with Crippen LogP contribution in [0.1, 0.15) is 11.3 Å². The molecule has 0 bridgehead atoms. The van der Waals surface area contributed by atoms with E-state index < -0.39 is 6.10 Å². The van der Waals surface area contributed by atoms with E-state index in [2.05, 4.69) is 4.90 Å². The van der Waals surface area contributed by atoms with Crippen LogP contribution in [0.25, 0.3) is 0 Å². The lowest BCUT2D eigenvalue weighted by Crippen LogP contribution is -2.35. The van der Waals surface area contributed by atoms with Crippen molar-refractivity contribution in [3.8, 4) is 5.75 Å². The fourth-order valence-electron chi connectivity index (χ4n) is 2.72. The van der Waals surface area contributed by atoms with Crippen molar-refractivity contribution in [2.45, 2.75) is 19.2 Å². The van der Waals surface area contributed by atoms with Gasteiger partial charge in [0.1, 0.15) is 24.2 Å². The number of benzene rings is 2. The monoisotopic (exact) mass is 371 g/mol. The van der Waals surface area contributed by atoms with Gasteiger partial charge in [0.25, 0.3) is 0 Å². The van der Waals surface area contributed by atoms with Gasteiger partial charge in [0.05, 0.1) is 12.8 Å². The highest BCUT2D eigenvalue weighted by atomic mass is 35.5. The summed E-state index contributed by atoms with van der Waals surface area (Å²) in [4.78, 5) is 2.13. The zero-order chi connectivity index (χ0) is 18.2. The van der Waals surface area contributed by atoms with E-state index in [0.29, 0.717) is 24.7 Å². The highest BCUT2D eigenvalue weighted by molar-refractivity contribution is 6.30. The Balaban J connectivity index is 1.59. The van der Waals surface area contributed by atoms with Crippen LogP contribution in [-0.4, -0.2) is 29.3 Å². The van der Waals surface area contributed by atoms with Crippen molar-refractivity contribution < 1.29 is 14.3 Å². The van der Waals surface area contributed by atoms with Crippen LogP contribution in [0, 0.1) is 0 Å². The van der Waals surface area contributed by atoms with Crippen molar-refractivity contribution in [2.75, 3.05) is 13.2 Å². The van der Waals surface area contributed by atoms with Gasteiger partial charge in [0.15, 0.2) is 0 Å². The van der Waals surface area contributed by atoms with E-state index >= 15 is 0 Å². The molecule has 0 radical (unpaired) electrons. The first-order chi connectivity index (χ1) is 12.7. The summed E-state index contributed by atoms with van der Waals surface area (Å²) in [5.41, 5.74) is 1.12. The average molecular weight is 372 g/mol. The van der Waals surface area contributed by atoms with Crippen LogP contribution in [0.4, 0.5) is 0 Å². The lowest BCUT2D eigenvalue weighted by Gasteiger charge is -2.24. The number of rotatable bonds is 9. The molecule has 0 saturated heterocycles. The molecule has 3 rings (SSSR count). The number of hydrogen-bond donors (Lipinski definition) is 1. The Bertz CT molecular complexity index is 760. The highest BCUT2D eigenvalue weighted by Gasteiger charge is 2.15. The van der Waals surface area contributed by atoms with E-state index in [1.807, 2.05) is 66.7 Å². The first-order valence-corrected chi connectivity index (χ1v) is 8.92. The maximum atomic E-state index is 10.4. The Morgan fingerprint density at radius 3 is 2.42 bits per heavy atom. The number of furan rings is 1. The van der Waals surface area contributed by atoms with Crippen molar-refractivity contribution >= 4 is 11.6 Å². The van der Waals surface area contributed by atoms with Gasteiger partial charge in [0, 0.05) is 18.1 Å². The Kier molecular flexibility index (Phi) is 6.72. The minimum absolute atomic E-state index is 0.235. The van der Waals surface area contributed by atoms with Gasteiger partial charge < -0.3 is 14.3 Å². The number of aliphatic hydroxyl groups excluding tert-OH is 1. The molecule has 5 heteroatoms. The molecule has 0 spiro atoms.